The molecular weight excluding hydrogens is 205 g/mol. The lowest BCUT2D eigenvalue weighted by atomic mass is 10.1. The molecule has 3 N–H and O–H groups in total. The van der Waals surface area contributed by atoms with E-state index in [0.29, 0.717) is 5.52 Å². The number of benzene rings is 1. The van der Waals surface area contributed by atoms with Gasteiger partial charge in [-0.1, -0.05) is 12.1 Å². The van der Waals surface area contributed by atoms with Crippen molar-refractivity contribution in [3.63, 3.8) is 0 Å². The van der Waals surface area contributed by atoms with Gasteiger partial charge >= 0.3 is 0 Å². The summed E-state index contributed by atoms with van der Waals surface area (Å²) < 4.78 is 13.6. The van der Waals surface area contributed by atoms with Crippen LogP contribution in [0.4, 0.5) is 10.1 Å². The van der Waals surface area contributed by atoms with Crippen LogP contribution in [0.5, 0.6) is 0 Å². The van der Waals surface area contributed by atoms with Crippen molar-refractivity contribution >= 4 is 16.6 Å². The SMILES string of the molecule is NNc1c2c(nc3c(F)cccc13)CCC2. The number of halogens is 1. The predicted octanol–water partition coefficient (Wildman–Crippen LogP) is 2.15. The molecule has 0 spiro atoms. The Kier molecular flexibility index (Phi) is 2.04. The molecule has 82 valence electrons. The number of nitrogens with two attached hydrogens (primary N) is 1. The fraction of sp³-hybridized carbons (Fsp3) is 0.250. The lowest BCUT2D eigenvalue weighted by molar-refractivity contribution is 0.636. The highest BCUT2D eigenvalue weighted by Crippen LogP contribution is 2.34. The first kappa shape index (κ1) is 9.54. The summed E-state index contributed by atoms with van der Waals surface area (Å²) in [5.41, 5.74) is 6.05. The van der Waals surface area contributed by atoms with Crippen LogP contribution >= 0.6 is 0 Å². The monoisotopic (exact) mass is 217 g/mol. The molecule has 0 amide bonds. The zero-order chi connectivity index (χ0) is 11.1. The van der Waals surface area contributed by atoms with Gasteiger partial charge in [-0.3, -0.25) is 5.84 Å². The molecule has 1 heterocycles. The number of fused-ring (bicyclic) bond motifs is 2. The first-order valence-electron chi connectivity index (χ1n) is 5.38. The molecule has 3 nitrogen and oxygen atoms in total. The van der Waals surface area contributed by atoms with Crippen LogP contribution in [0.25, 0.3) is 10.9 Å². The maximum absolute atomic E-state index is 13.6. The summed E-state index contributed by atoms with van der Waals surface area (Å²) in [4.78, 5) is 4.39. The lowest BCUT2D eigenvalue weighted by Gasteiger charge is -2.11. The Morgan fingerprint density at radius 3 is 3.00 bits per heavy atom. The van der Waals surface area contributed by atoms with Gasteiger partial charge in [-0.15, -0.1) is 0 Å². The lowest BCUT2D eigenvalue weighted by Crippen LogP contribution is -2.11. The van der Waals surface area contributed by atoms with Crippen molar-refractivity contribution < 1.29 is 4.39 Å². The summed E-state index contributed by atoms with van der Waals surface area (Å²) in [5, 5.41) is 0.767. The summed E-state index contributed by atoms with van der Waals surface area (Å²) in [6, 6.07) is 4.96. The number of rotatable bonds is 1. The van der Waals surface area contributed by atoms with Crippen molar-refractivity contribution in [2.75, 3.05) is 5.43 Å². The molecule has 0 bridgehead atoms. The van der Waals surface area contributed by atoms with Gasteiger partial charge in [0, 0.05) is 11.1 Å². The van der Waals surface area contributed by atoms with Crippen molar-refractivity contribution in [1.82, 2.24) is 4.98 Å². The molecule has 1 aliphatic carbocycles. The number of para-hydroxylation sites is 1. The van der Waals surface area contributed by atoms with Crippen LogP contribution in [0.15, 0.2) is 18.2 Å². The average Bonchev–Trinajstić information content (AvgIpc) is 2.75. The van der Waals surface area contributed by atoms with E-state index in [1.54, 1.807) is 6.07 Å². The Bertz CT molecular complexity index is 566. The number of aryl methyl sites for hydroxylation is 1. The van der Waals surface area contributed by atoms with E-state index in [1.807, 2.05) is 6.07 Å². The van der Waals surface area contributed by atoms with Crippen molar-refractivity contribution in [3.8, 4) is 0 Å². The number of nitrogens with zero attached hydrogens (tertiary/aromatic N) is 1. The highest BCUT2D eigenvalue weighted by atomic mass is 19.1. The maximum Gasteiger partial charge on any atom is 0.149 e. The maximum atomic E-state index is 13.6. The van der Waals surface area contributed by atoms with Crippen LogP contribution < -0.4 is 11.3 Å². The van der Waals surface area contributed by atoms with E-state index in [-0.39, 0.29) is 5.82 Å². The largest absolute Gasteiger partial charge is 0.323 e. The van der Waals surface area contributed by atoms with Gasteiger partial charge in [-0.05, 0) is 30.9 Å². The Morgan fingerprint density at radius 2 is 2.19 bits per heavy atom. The molecule has 4 heteroatoms. The number of nitrogen functional groups attached to an aromatic ring is 1. The van der Waals surface area contributed by atoms with Gasteiger partial charge in [0.15, 0.2) is 0 Å². The molecule has 0 unspecified atom stereocenters. The first-order chi connectivity index (χ1) is 7.81. The third-order valence-corrected chi connectivity index (χ3v) is 3.14. The molecule has 0 atom stereocenters. The van der Waals surface area contributed by atoms with Gasteiger partial charge < -0.3 is 5.43 Å². The van der Waals surface area contributed by atoms with E-state index < -0.39 is 0 Å². The minimum Gasteiger partial charge on any atom is -0.323 e. The third kappa shape index (κ3) is 1.20. The number of nitrogens with one attached hydrogen (secondary N) is 1. The van der Waals surface area contributed by atoms with E-state index in [1.165, 1.54) is 6.07 Å². The molecule has 2 aromatic rings. The van der Waals surface area contributed by atoms with Crippen molar-refractivity contribution in [3.05, 3.63) is 35.3 Å². The highest BCUT2D eigenvalue weighted by Gasteiger charge is 2.20. The van der Waals surface area contributed by atoms with E-state index >= 15 is 0 Å². The molecule has 1 aromatic carbocycles. The van der Waals surface area contributed by atoms with Crippen LogP contribution in [0.2, 0.25) is 0 Å². The standard InChI is InChI=1S/C12H12FN3/c13-9-5-1-4-8-11(16-14)7-3-2-6-10(7)15-12(8)9/h1,4-5H,2-3,6,14H2,(H,15,16). The van der Waals surface area contributed by atoms with Gasteiger partial charge in [0.2, 0.25) is 0 Å². The van der Waals surface area contributed by atoms with Crippen LogP contribution in [-0.4, -0.2) is 4.98 Å². The van der Waals surface area contributed by atoms with E-state index in [0.717, 1.165) is 41.6 Å². The molecule has 0 radical (unpaired) electrons. The summed E-state index contributed by atoms with van der Waals surface area (Å²) in [6.45, 7) is 0. The van der Waals surface area contributed by atoms with Crippen molar-refractivity contribution in [2.45, 2.75) is 19.3 Å². The van der Waals surface area contributed by atoms with Gasteiger partial charge in [0.05, 0.1) is 5.69 Å². The molecule has 1 aromatic heterocycles. The second kappa shape index (κ2) is 3.42. The molecule has 1 aliphatic rings. The number of pyridine rings is 1. The molecule has 16 heavy (non-hydrogen) atoms. The van der Waals surface area contributed by atoms with Crippen LogP contribution in [-0.2, 0) is 12.8 Å². The zero-order valence-corrected chi connectivity index (χ0v) is 8.76. The molecule has 0 aliphatic heterocycles. The third-order valence-electron chi connectivity index (χ3n) is 3.14. The molecule has 0 fully saturated rings. The summed E-state index contributed by atoms with van der Waals surface area (Å²) >= 11 is 0. The van der Waals surface area contributed by atoms with Crippen molar-refractivity contribution in [2.24, 2.45) is 5.84 Å². The first-order valence-corrected chi connectivity index (χ1v) is 5.38. The second-order valence-electron chi connectivity index (χ2n) is 4.05. The Labute approximate surface area is 92.4 Å². The second-order valence-corrected chi connectivity index (χ2v) is 4.05. The van der Waals surface area contributed by atoms with Gasteiger partial charge in [-0.2, -0.15) is 0 Å². The van der Waals surface area contributed by atoms with Crippen LogP contribution in [0.1, 0.15) is 17.7 Å². The summed E-state index contributed by atoms with van der Waals surface area (Å²) in [5.74, 6) is 5.25. The normalized spacial score (nSPS) is 14.1. The zero-order valence-electron chi connectivity index (χ0n) is 8.76. The van der Waals surface area contributed by atoms with Gasteiger partial charge in [-0.25, -0.2) is 9.37 Å². The van der Waals surface area contributed by atoms with E-state index in [9.17, 15) is 4.39 Å². The molecular formula is C12H12FN3. The van der Waals surface area contributed by atoms with E-state index in [2.05, 4.69) is 10.4 Å². The molecule has 0 saturated carbocycles. The Morgan fingerprint density at radius 1 is 1.31 bits per heavy atom. The smallest absolute Gasteiger partial charge is 0.149 e. The fourth-order valence-corrected chi connectivity index (χ4v) is 2.41. The number of hydrazine groups is 1. The Balaban J connectivity index is 2.44. The average molecular weight is 217 g/mol. The van der Waals surface area contributed by atoms with Crippen molar-refractivity contribution in [1.29, 1.82) is 0 Å². The summed E-state index contributed by atoms with van der Waals surface area (Å²) in [6.07, 6.45) is 2.94. The van der Waals surface area contributed by atoms with E-state index in [4.69, 9.17) is 5.84 Å². The van der Waals surface area contributed by atoms with Crippen LogP contribution in [0, 0.1) is 5.82 Å². The van der Waals surface area contributed by atoms with Gasteiger partial charge in [0.25, 0.3) is 0 Å². The number of hydrogen-bond acceptors (Lipinski definition) is 3. The number of hydrogen-bond donors (Lipinski definition) is 2. The topological polar surface area (TPSA) is 50.9 Å². The van der Waals surface area contributed by atoms with Crippen LogP contribution in [0.3, 0.4) is 0 Å². The van der Waals surface area contributed by atoms with Gasteiger partial charge in [0.1, 0.15) is 11.3 Å². The highest BCUT2D eigenvalue weighted by molar-refractivity contribution is 5.93. The summed E-state index contributed by atoms with van der Waals surface area (Å²) in [7, 11) is 0. The minimum atomic E-state index is -0.288. The predicted molar refractivity (Wildman–Crippen MR) is 61.5 cm³/mol. The number of aromatic nitrogens is 1. The quantitative estimate of drug-likeness (QED) is 0.568. The minimum absolute atomic E-state index is 0.288. The fourth-order valence-electron chi connectivity index (χ4n) is 2.41. The number of anilines is 1. The molecule has 0 saturated heterocycles. The molecule has 3 rings (SSSR count). The Hall–Kier alpha value is -1.68.